The number of aromatic nitrogens is 2. The molecule has 2 nitrogen and oxygen atoms in total. The summed E-state index contributed by atoms with van der Waals surface area (Å²) in [5.74, 6) is 0. The first kappa shape index (κ1) is 7.06. The Morgan fingerprint density at radius 1 is 1.45 bits per heavy atom. The molecule has 0 aromatic carbocycles. The van der Waals surface area contributed by atoms with Crippen LogP contribution in [0.2, 0.25) is 0 Å². The summed E-state index contributed by atoms with van der Waals surface area (Å²) >= 11 is 5.09. The fraction of sp³-hybridized carbons (Fsp3) is 0. The van der Waals surface area contributed by atoms with E-state index in [0.717, 1.165) is 9.48 Å². The minimum absolute atomic E-state index is 1.07. The average molecular weight is 229 g/mol. The van der Waals surface area contributed by atoms with Crippen molar-refractivity contribution < 1.29 is 0 Å². The van der Waals surface area contributed by atoms with E-state index in [1.807, 2.05) is 12.3 Å². The van der Waals surface area contributed by atoms with E-state index >= 15 is 0 Å². The highest BCUT2D eigenvalue weighted by Gasteiger charge is 2.00. The fourth-order valence-corrected chi connectivity index (χ4v) is 2.21. The average Bonchev–Trinajstić information content (AvgIpc) is 2.55. The van der Waals surface area contributed by atoms with Crippen LogP contribution in [0.1, 0.15) is 0 Å². The Kier molecular flexibility index (Phi) is 1.79. The standard InChI is InChI=1S/C7H5BrN2S/c8-7-2-1-6(11-7)5-3-9-4-10-5/h1-4H,(H,9,10). The Bertz CT molecular complexity index is 339. The largest absolute Gasteiger partial charge is 0.344 e. The zero-order chi connectivity index (χ0) is 7.68. The Labute approximate surface area is 76.4 Å². The summed E-state index contributed by atoms with van der Waals surface area (Å²) < 4.78 is 1.14. The van der Waals surface area contributed by atoms with Gasteiger partial charge in [0.2, 0.25) is 0 Å². The lowest BCUT2D eigenvalue weighted by Crippen LogP contribution is -1.65. The predicted octanol–water partition coefficient (Wildman–Crippen LogP) is 2.90. The summed E-state index contributed by atoms with van der Waals surface area (Å²) in [5, 5.41) is 0. The number of nitrogens with one attached hydrogen (secondary N) is 1. The van der Waals surface area contributed by atoms with Crippen molar-refractivity contribution in [2.75, 3.05) is 0 Å². The Hall–Kier alpha value is -0.610. The minimum Gasteiger partial charge on any atom is -0.344 e. The summed E-state index contributed by atoms with van der Waals surface area (Å²) in [6, 6.07) is 4.09. The molecule has 0 aliphatic carbocycles. The molecular formula is C7H5BrN2S. The summed E-state index contributed by atoms with van der Waals surface area (Å²) in [4.78, 5) is 8.19. The molecule has 0 radical (unpaired) electrons. The van der Waals surface area contributed by atoms with Crippen LogP contribution < -0.4 is 0 Å². The van der Waals surface area contributed by atoms with E-state index in [9.17, 15) is 0 Å². The molecule has 0 unspecified atom stereocenters. The molecule has 2 aromatic rings. The monoisotopic (exact) mass is 228 g/mol. The molecule has 11 heavy (non-hydrogen) atoms. The lowest BCUT2D eigenvalue weighted by molar-refractivity contribution is 1.32. The van der Waals surface area contributed by atoms with Crippen molar-refractivity contribution in [2.24, 2.45) is 0 Å². The molecule has 0 aliphatic heterocycles. The summed E-state index contributed by atoms with van der Waals surface area (Å²) in [5.41, 5.74) is 1.07. The second-order valence-electron chi connectivity index (χ2n) is 2.07. The molecule has 1 N–H and O–H groups in total. The van der Waals surface area contributed by atoms with Crippen LogP contribution in [0.25, 0.3) is 10.6 Å². The highest BCUT2D eigenvalue weighted by Crippen LogP contribution is 2.29. The third-order valence-electron chi connectivity index (χ3n) is 1.34. The van der Waals surface area contributed by atoms with Gasteiger partial charge in [-0.25, -0.2) is 4.98 Å². The summed E-state index contributed by atoms with van der Waals surface area (Å²) in [7, 11) is 0. The zero-order valence-electron chi connectivity index (χ0n) is 5.54. The van der Waals surface area contributed by atoms with Crippen LogP contribution in [0.4, 0.5) is 0 Å². The highest BCUT2D eigenvalue weighted by atomic mass is 79.9. The number of halogens is 1. The normalized spacial score (nSPS) is 10.3. The van der Waals surface area contributed by atoms with Gasteiger partial charge in [0.25, 0.3) is 0 Å². The van der Waals surface area contributed by atoms with Crippen molar-refractivity contribution in [3.8, 4) is 10.6 Å². The molecule has 0 atom stereocenters. The van der Waals surface area contributed by atoms with Gasteiger partial charge in [0, 0.05) is 0 Å². The molecule has 4 heteroatoms. The van der Waals surface area contributed by atoms with Crippen molar-refractivity contribution >= 4 is 27.3 Å². The van der Waals surface area contributed by atoms with Crippen LogP contribution in [0, 0.1) is 0 Å². The van der Waals surface area contributed by atoms with E-state index < -0.39 is 0 Å². The number of thiophene rings is 1. The molecule has 0 amide bonds. The van der Waals surface area contributed by atoms with E-state index in [4.69, 9.17) is 0 Å². The molecule has 0 saturated carbocycles. The van der Waals surface area contributed by atoms with Gasteiger partial charge in [0.05, 0.1) is 26.9 Å². The predicted molar refractivity (Wildman–Crippen MR) is 49.6 cm³/mol. The quantitative estimate of drug-likeness (QED) is 0.800. The topological polar surface area (TPSA) is 28.7 Å². The van der Waals surface area contributed by atoms with Crippen LogP contribution in [-0.4, -0.2) is 9.97 Å². The van der Waals surface area contributed by atoms with Gasteiger partial charge in [-0.2, -0.15) is 0 Å². The van der Waals surface area contributed by atoms with Gasteiger partial charge in [0.15, 0.2) is 0 Å². The summed E-state index contributed by atoms with van der Waals surface area (Å²) in [6.45, 7) is 0. The Morgan fingerprint density at radius 3 is 2.91 bits per heavy atom. The third-order valence-corrected chi connectivity index (χ3v) is 2.99. The van der Waals surface area contributed by atoms with Crippen LogP contribution in [-0.2, 0) is 0 Å². The molecular weight excluding hydrogens is 224 g/mol. The lowest BCUT2D eigenvalue weighted by atomic mass is 10.4. The maximum atomic E-state index is 3.94. The number of nitrogens with zero attached hydrogens (tertiary/aromatic N) is 1. The number of hydrogen-bond donors (Lipinski definition) is 1. The van der Waals surface area contributed by atoms with Gasteiger partial charge in [-0.15, -0.1) is 11.3 Å². The molecule has 0 bridgehead atoms. The first-order valence-electron chi connectivity index (χ1n) is 3.10. The van der Waals surface area contributed by atoms with E-state index in [1.54, 1.807) is 17.7 Å². The smallest absolute Gasteiger partial charge is 0.0924 e. The second kappa shape index (κ2) is 2.79. The van der Waals surface area contributed by atoms with Gasteiger partial charge >= 0.3 is 0 Å². The van der Waals surface area contributed by atoms with Gasteiger partial charge in [-0.1, -0.05) is 0 Å². The molecule has 2 heterocycles. The second-order valence-corrected chi connectivity index (χ2v) is 4.53. The van der Waals surface area contributed by atoms with Crippen LogP contribution in [0.15, 0.2) is 28.4 Å². The van der Waals surface area contributed by atoms with Crippen molar-refractivity contribution in [1.82, 2.24) is 9.97 Å². The first-order chi connectivity index (χ1) is 5.36. The maximum absolute atomic E-state index is 3.94. The van der Waals surface area contributed by atoms with E-state index in [0.29, 0.717) is 0 Å². The Morgan fingerprint density at radius 2 is 2.36 bits per heavy atom. The Balaban J connectivity index is 2.45. The van der Waals surface area contributed by atoms with Gasteiger partial charge < -0.3 is 4.98 Å². The maximum Gasteiger partial charge on any atom is 0.0924 e. The van der Waals surface area contributed by atoms with E-state index in [-0.39, 0.29) is 0 Å². The van der Waals surface area contributed by atoms with E-state index in [1.165, 1.54) is 4.88 Å². The molecule has 2 aromatic heterocycles. The van der Waals surface area contributed by atoms with Crippen molar-refractivity contribution in [2.45, 2.75) is 0 Å². The molecule has 0 fully saturated rings. The van der Waals surface area contributed by atoms with Crippen molar-refractivity contribution in [3.63, 3.8) is 0 Å². The minimum atomic E-state index is 1.07. The summed E-state index contributed by atoms with van der Waals surface area (Å²) in [6.07, 6.45) is 3.50. The number of H-pyrrole nitrogens is 1. The molecule has 56 valence electrons. The van der Waals surface area contributed by atoms with Crippen LogP contribution in [0.3, 0.4) is 0 Å². The molecule has 0 spiro atoms. The van der Waals surface area contributed by atoms with Gasteiger partial charge in [-0.3, -0.25) is 0 Å². The number of rotatable bonds is 1. The molecule has 0 aliphatic rings. The SMILES string of the molecule is Brc1ccc(-c2cnc[nH]2)s1. The van der Waals surface area contributed by atoms with Crippen molar-refractivity contribution in [1.29, 1.82) is 0 Å². The number of hydrogen-bond acceptors (Lipinski definition) is 2. The number of imidazole rings is 1. The highest BCUT2D eigenvalue weighted by molar-refractivity contribution is 9.11. The molecule has 2 rings (SSSR count). The van der Waals surface area contributed by atoms with E-state index in [2.05, 4.69) is 32.0 Å². The number of aromatic amines is 1. The third kappa shape index (κ3) is 1.36. The van der Waals surface area contributed by atoms with Crippen LogP contribution in [0.5, 0.6) is 0 Å². The van der Waals surface area contributed by atoms with Gasteiger partial charge in [0.1, 0.15) is 0 Å². The van der Waals surface area contributed by atoms with Crippen LogP contribution >= 0.6 is 27.3 Å². The lowest BCUT2D eigenvalue weighted by Gasteiger charge is -1.85. The zero-order valence-corrected chi connectivity index (χ0v) is 7.95. The van der Waals surface area contributed by atoms with Crippen molar-refractivity contribution in [3.05, 3.63) is 28.4 Å². The molecule has 0 saturated heterocycles. The van der Waals surface area contributed by atoms with Gasteiger partial charge in [-0.05, 0) is 28.1 Å². The first-order valence-corrected chi connectivity index (χ1v) is 4.71. The fourth-order valence-electron chi connectivity index (χ4n) is 0.850.